The molecule has 19 heavy (non-hydrogen) atoms. The van der Waals surface area contributed by atoms with Crippen molar-refractivity contribution in [2.75, 3.05) is 7.11 Å². The summed E-state index contributed by atoms with van der Waals surface area (Å²) in [5.41, 5.74) is -1.18. The molecule has 1 saturated carbocycles. The van der Waals surface area contributed by atoms with Crippen LogP contribution in [-0.4, -0.2) is 23.3 Å². The molecule has 1 aliphatic carbocycles. The van der Waals surface area contributed by atoms with Gasteiger partial charge in [0.15, 0.2) is 11.5 Å². The minimum absolute atomic E-state index is 0.0592. The van der Waals surface area contributed by atoms with Crippen molar-refractivity contribution < 1.29 is 24.1 Å². The summed E-state index contributed by atoms with van der Waals surface area (Å²) in [6.07, 6.45) is 2.24. The van der Waals surface area contributed by atoms with Crippen LogP contribution in [0.3, 0.4) is 0 Å². The largest absolute Gasteiger partial charge is 0.504 e. The van der Waals surface area contributed by atoms with Crippen LogP contribution in [0.4, 0.5) is 4.39 Å². The Hall–Kier alpha value is -1.30. The first kappa shape index (κ1) is 14.1. The number of hydrogen-bond donors (Lipinski definition) is 2. The highest BCUT2D eigenvalue weighted by atomic mass is 79.9. The second kappa shape index (κ2) is 5.00. The smallest absolute Gasteiger partial charge is 0.314 e. The van der Waals surface area contributed by atoms with Crippen molar-refractivity contribution in [3.8, 4) is 11.5 Å². The predicted octanol–water partition coefficient (Wildman–Crippen LogP) is 3.20. The standard InChI is InChI=1S/C13H14BrFO4/c1-19-11-8(16)6-7(15)9(10(11)14)13(12(17)18)4-2-3-5-13/h6,16H,2-5H2,1H3,(H,17,18). The molecule has 2 rings (SSSR count). The van der Waals surface area contributed by atoms with Gasteiger partial charge in [0.1, 0.15) is 5.82 Å². The molecule has 0 saturated heterocycles. The Bertz CT molecular complexity index is 524. The minimum Gasteiger partial charge on any atom is -0.504 e. The number of rotatable bonds is 3. The SMILES string of the molecule is COc1c(O)cc(F)c(C2(C(=O)O)CCCC2)c1Br. The number of carboxylic acids is 1. The van der Waals surface area contributed by atoms with E-state index in [9.17, 15) is 19.4 Å². The number of phenolic OH excluding ortho intramolecular Hbond substituents is 1. The molecular weight excluding hydrogens is 319 g/mol. The first-order valence-corrected chi connectivity index (χ1v) is 6.72. The zero-order valence-electron chi connectivity index (χ0n) is 10.4. The molecule has 1 aromatic carbocycles. The minimum atomic E-state index is -1.25. The molecule has 0 heterocycles. The van der Waals surface area contributed by atoms with E-state index in [1.54, 1.807) is 0 Å². The Morgan fingerprint density at radius 2 is 2.05 bits per heavy atom. The van der Waals surface area contributed by atoms with Crippen LogP contribution in [0, 0.1) is 5.82 Å². The van der Waals surface area contributed by atoms with E-state index < -0.39 is 17.2 Å². The summed E-state index contributed by atoms with van der Waals surface area (Å²) in [4.78, 5) is 11.6. The topological polar surface area (TPSA) is 66.8 Å². The van der Waals surface area contributed by atoms with Gasteiger partial charge >= 0.3 is 5.97 Å². The van der Waals surface area contributed by atoms with Crippen molar-refractivity contribution in [1.82, 2.24) is 0 Å². The Morgan fingerprint density at radius 1 is 1.47 bits per heavy atom. The molecule has 2 N–H and O–H groups in total. The van der Waals surface area contributed by atoms with Gasteiger partial charge in [-0.2, -0.15) is 0 Å². The number of carboxylic acid groups (broad SMARTS) is 1. The molecule has 0 bridgehead atoms. The Morgan fingerprint density at radius 3 is 2.53 bits per heavy atom. The predicted molar refractivity (Wildman–Crippen MR) is 70.1 cm³/mol. The van der Waals surface area contributed by atoms with Crippen LogP contribution in [0.25, 0.3) is 0 Å². The highest BCUT2D eigenvalue weighted by Crippen LogP contribution is 2.49. The van der Waals surface area contributed by atoms with E-state index in [0.29, 0.717) is 12.8 Å². The van der Waals surface area contributed by atoms with E-state index in [1.807, 2.05) is 0 Å². The van der Waals surface area contributed by atoms with E-state index in [4.69, 9.17) is 4.74 Å². The summed E-state index contributed by atoms with van der Waals surface area (Å²) in [5.74, 6) is -2.06. The second-order valence-electron chi connectivity index (χ2n) is 4.69. The molecule has 0 aromatic heterocycles. The highest BCUT2D eigenvalue weighted by Gasteiger charge is 2.47. The Kier molecular flexibility index (Phi) is 3.71. The van der Waals surface area contributed by atoms with Crippen molar-refractivity contribution in [2.45, 2.75) is 31.1 Å². The number of benzene rings is 1. The third kappa shape index (κ3) is 2.08. The number of aromatic hydroxyl groups is 1. The van der Waals surface area contributed by atoms with Crippen molar-refractivity contribution in [3.63, 3.8) is 0 Å². The molecule has 1 aliphatic rings. The first-order valence-electron chi connectivity index (χ1n) is 5.93. The molecule has 0 aliphatic heterocycles. The fraction of sp³-hybridized carbons (Fsp3) is 0.462. The molecule has 1 fully saturated rings. The zero-order valence-corrected chi connectivity index (χ0v) is 12.0. The number of methoxy groups -OCH3 is 1. The van der Waals surface area contributed by atoms with Gasteiger partial charge in [0.25, 0.3) is 0 Å². The molecule has 0 radical (unpaired) electrons. The number of halogens is 2. The van der Waals surface area contributed by atoms with Crippen LogP contribution in [0.5, 0.6) is 11.5 Å². The fourth-order valence-electron chi connectivity index (χ4n) is 2.77. The average molecular weight is 333 g/mol. The maximum atomic E-state index is 14.2. The lowest BCUT2D eigenvalue weighted by Crippen LogP contribution is -2.34. The molecule has 0 amide bonds. The van der Waals surface area contributed by atoms with Crippen LogP contribution in [0.1, 0.15) is 31.2 Å². The Labute approximate surface area is 118 Å². The van der Waals surface area contributed by atoms with E-state index in [2.05, 4.69) is 15.9 Å². The van der Waals surface area contributed by atoms with Crippen molar-refractivity contribution in [2.24, 2.45) is 0 Å². The van der Waals surface area contributed by atoms with Crippen LogP contribution >= 0.6 is 15.9 Å². The van der Waals surface area contributed by atoms with Gasteiger partial charge < -0.3 is 14.9 Å². The summed E-state index contributed by atoms with van der Waals surface area (Å²) in [7, 11) is 1.34. The van der Waals surface area contributed by atoms with E-state index in [1.165, 1.54) is 7.11 Å². The summed E-state index contributed by atoms with van der Waals surface area (Å²) >= 11 is 3.17. The van der Waals surface area contributed by atoms with Gasteiger partial charge in [0, 0.05) is 11.6 Å². The fourth-order valence-corrected chi connectivity index (χ4v) is 3.70. The summed E-state index contributed by atoms with van der Waals surface area (Å²) < 4.78 is 19.4. The number of hydrogen-bond acceptors (Lipinski definition) is 3. The summed E-state index contributed by atoms with van der Waals surface area (Å²) in [6.45, 7) is 0. The van der Waals surface area contributed by atoms with E-state index in [-0.39, 0.29) is 21.5 Å². The number of phenols is 1. The molecule has 4 nitrogen and oxygen atoms in total. The van der Waals surface area contributed by atoms with Gasteiger partial charge in [-0.05, 0) is 28.8 Å². The highest BCUT2D eigenvalue weighted by molar-refractivity contribution is 9.10. The maximum Gasteiger partial charge on any atom is 0.314 e. The van der Waals surface area contributed by atoms with Gasteiger partial charge in [-0.1, -0.05) is 12.8 Å². The number of carbonyl (C=O) groups is 1. The molecule has 0 spiro atoms. The first-order chi connectivity index (χ1) is 8.94. The molecule has 1 aromatic rings. The van der Waals surface area contributed by atoms with Crippen LogP contribution < -0.4 is 4.74 Å². The quantitative estimate of drug-likeness (QED) is 0.891. The van der Waals surface area contributed by atoms with Crippen LogP contribution in [0.2, 0.25) is 0 Å². The van der Waals surface area contributed by atoms with Crippen LogP contribution in [0.15, 0.2) is 10.5 Å². The van der Waals surface area contributed by atoms with Crippen molar-refractivity contribution in [3.05, 3.63) is 21.9 Å². The zero-order chi connectivity index (χ0) is 14.2. The average Bonchev–Trinajstić information content (AvgIpc) is 2.79. The maximum absolute atomic E-state index is 14.2. The third-order valence-electron chi connectivity index (χ3n) is 3.70. The molecule has 0 unspecified atom stereocenters. The lowest BCUT2D eigenvalue weighted by atomic mass is 9.78. The van der Waals surface area contributed by atoms with E-state index >= 15 is 0 Å². The summed E-state index contributed by atoms with van der Waals surface area (Å²) in [5, 5.41) is 19.1. The summed E-state index contributed by atoms with van der Waals surface area (Å²) in [6, 6.07) is 0.905. The van der Waals surface area contributed by atoms with Crippen molar-refractivity contribution in [1.29, 1.82) is 0 Å². The Balaban J connectivity index is 2.70. The normalized spacial score (nSPS) is 17.4. The molecular formula is C13H14BrFO4. The second-order valence-corrected chi connectivity index (χ2v) is 5.49. The van der Waals surface area contributed by atoms with Gasteiger partial charge in [-0.15, -0.1) is 0 Å². The van der Waals surface area contributed by atoms with Gasteiger partial charge in [-0.3, -0.25) is 4.79 Å². The molecule has 6 heteroatoms. The third-order valence-corrected chi connectivity index (χ3v) is 4.46. The number of aliphatic carboxylic acids is 1. The molecule has 104 valence electrons. The van der Waals surface area contributed by atoms with Gasteiger partial charge in [0.2, 0.25) is 0 Å². The monoisotopic (exact) mass is 332 g/mol. The lowest BCUT2D eigenvalue weighted by Gasteiger charge is -2.27. The molecule has 0 atom stereocenters. The van der Waals surface area contributed by atoms with E-state index in [0.717, 1.165) is 18.9 Å². The lowest BCUT2D eigenvalue weighted by molar-refractivity contribution is -0.143. The van der Waals surface area contributed by atoms with Gasteiger partial charge in [0.05, 0.1) is 17.0 Å². The number of ether oxygens (including phenoxy) is 1. The van der Waals surface area contributed by atoms with Crippen molar-refractivity contribution >= 4 is 21.9 Å². The van der Waals surface area contributed by atoms with Gasteiger partial charge in [-0.25, -0.2) is 4.39 Å². The van der Waals surface area contributed by atoms with Crippen LogP contribution in [-0.2, 0) is 10.2 Å².